The summed E-state index contributed by atoms with van der Waals surface area (Å²) in [6, 6.07) is 8.08. The molecule has 0 amide bonds. The first-order valence-corrected chi connectivity index (χ1v) is 11.6. The van der Waals surface area contributed by atoms with E-state index in [1.54, 1.807) is 0 Å². The molecule has 0 bridgehead atoms. The fourth-order valence-corrected chi connectivity index (χ4v) is 4.28. The summed E-state index contributed by atoms with van der Waals surface area (Å²) in [5, 5.41) is 12.6. The average molecular weight is 442 g/mol. The molecular weight excluding hydrogens is 410 g/mol. The molecule has 1 aliphatic rings. The Hall–Kier alpha value is -2.38. The zero-order valence-electron chi connectivity index (χ0n) is 18.7. The van der Waals surface area contributed by atoms with Gasteiger partial charge in [0.25, 0.3) is 0 Å². The Balaban J connectivity index is 1.83. The van der Waals surface area contributed by atoms with Crippen molar-refractivity contribution >= 4 is 40.1 Å². The third-order valence-corrected chi connectivity index (χ3v) is 6.10. The van der Waals surface area contributed by atoms with Gasteiger partial charge in [-0.1, -0.05) is 38.3 Å². The van der Waals surface area contributed by atoms with E-state index in [2.05, 4.69) is 38.3 Å². The van der Waals surface area contributed by atoms with Gasteiger partial charge in [-0.25, -0.2) is 4.98 Å². The number of nitrogens with two attached hydrogens (primary N) is 1. The van der Waals surface area contributed by atoms with Crippen LogP contribution in [0.25, 0.3) is 11.0 Å². The van der Waals surface area contributed by atoms with Gasteiger partial charge in [0.15, 0.2) is 5.82 Å². The number of nitrogens with one attached hydrogen (secondary N) is 2. The standard InChI is InChI=1S/C23H32ClN7/c1-13(2)19-20-21(31(30-19)14(3)4)22(26-16-11-9-15(24)10-12-16)29-23(28-20)27-18-8-6-5-7-17(18)25/h9-14,17-18H,5-8,25H2,1-4H3,(H2,26,27,28,29). The molecule has 2 heterocycles. The van der Waals surface area contributed by atoms with Gasteiger partial charge in [-0.15, -0.1) is 0 Å². The number of fused-ring (bicyclic) bond motifs is 1. The molecule has 2 unspecified atom stereocenters. The van der Waals surface area contributed by atoms with Crippen LogP contribution in [-0.4, -0.2) is 31.8 Å². The zero-order chi connectivity index (χ0) is 22.1. The Labute approximate surface area is 188 Å². The SMILES string of the molecule is CC(C)c1nn(C(C)C)c2c(Nc3ccc(Cl)cc3)nc(NC3CCCCC3N)nc12. The number of benzene rings is 1. The van der Waals surface area contributed by atoms with Crippen molar-refractivity contribution in [1.29, 1.82) is 0 Å². The molecule has 2 aromatic heterocycles. The van der Waals surface area contributed by atoms with Crippen molar-refractivity contribution in [2.45, 2.75) is 77.4 Å². The molecule has 8 heteroatoms. The van der Waals surface area contributed by atoms with Gasteiger partial charge < -0.3 is 16.4 Å². The highest BCUT2D eigenvalue weighted by molar-refractivity contribution is 6.30. The fraction of sp³-hybridized carbons (Fsp3) is 0.522. The first kappa shape index (κ1) is 21.8. The van der Waals surface area contributed by atoms with E-state index in [9.17, 15) is 0 Å². The van der Waals surface area contributed by atoms with Gasteiger partial charge in [0.1, 0.15) is 11.0 Å². The van der Waals surface area contributed by atoms with E-state index >= 15 is 0 Å². The molecule has 0 radical (unpaired) electrons. The molecule has 0 saturated heterocycles. The third kappa shape index (κ3) is 4.62. The number of hydrogen-bond acceptors (Lipinski definition) is 6. The van der Waals surface area contributed by atoms with Crippen LogP contribution < -0.4 is 16.4 Å². The third-order valence-electron chi connectivity index (χ3n) is 5.85. The first-order valence-electron chi connectivity index (χ1n) is 11.2. The van der Waals surface area contributed by atoms with E-state index in [1.165, 1.54) is 12.8 Å². The lowest BCUT2D eigenvalue weighted by atomic mass is 9.91. The number of nitrogens with zero attached hydrogens (tertiary/aromatic N) is 4. The zero-order valence-corrected chi connectivity index (χ0v) is 19.4. The lowest BCUT2D eigenvalue weighted by Crippen LogP contribution is -2.43. The van der Waals surface area contributed by atoms with Crippen LogP contribution in [0.1, 0.15) is 71.0 Å². The topological polar surface area (TPSA) is 93.7 Å². The molecule has 1 fully saturated rings. The lowest BCUT2D eigenvalue weighted by molar-refractivity contribution is 0.402. The molecule has 0 spiro atoms. The van der Waals surface area contributed by atoms with E-state index in [0.717, 1.165) is 41.1 Å². The number of halogens is 1. The van der Waals surface area contributed by atoms with Gasteiger partial charge in [-0.05, 0) is 56.9 Å². The molecule has 2 atom stereocenters. The molecule has 4 N–H and O–H groups in total. The molecule has 7 nitrogen and oxygen atoms in total. The molecule has 1 saturated carbocycles. The highest BCUT2D eigenvalue weighted by Crippen LogP contribution is 2.33. The van der Waals surface area contributed by atoms with Gasteiger partial charge in [-0.3, -0.25) is 4.68 Å². The van der Waals surface area contributed by atoms with Gasteiger partial charge >= 0.3 is 0 Å². The Morgan fingerprint density at radius 2 is 1.77 bits per heavy atom. The summed E-state index contributed by atoms with van der Waals surface area (Å²) in [4.78, 5) is 9.80. The molecule has 1 aliphatic carbocycles. The van der Waals surface area contributed by atoms with Crippen LogP contribution in [0.5, 0.6) is 0 Å². The van der Waals surface area contributed by atoms with E-state index in [0.29, 0.717) is 11.0 Å². The van der Waals surface area contributed by atoms with Gasteiger partial charge in [0.05, 0.1) is 5.69 Å². The van der Waals surface area contributed by atoms with Crippen LogP contribution in [-0.2, 0) is 0 Å². The fourth-order valence-electron chi connectivity index (χ4n) is 4.15. The molecule has 0 aliphatic heterocycles. The van der Waals surface area contributed by atoms with E-state index < -0.39 is 0 Å². The van der Waals surface area contributed by atoms with Crippen molar-refractivity contribution in [2.75, 3.05) is 10.6 Å². The minimum atomic E-state index is 0.115. The van der Waals surface area contributed by atoms with Crippen molar-refractivity contribution in [2.24, 2.45) is 5.73 Å². The Kier molecular flexibility index (Phi) is 6.34. The molecule has 3 aromatic rings. The molecule has 4 rings (SSSR count). The van der Waals surface area contributed by atoms with Crippen molar-refractivity contribution < 1.29 is 0 Å². The van der Waals surface area contributed by atoms with Crippen molar-refractivity contribution in [3.05, 3.63) is 35.0 Å². The number of rotatable bonds is 6. The second kappa shape index (κ2) is 9.01. The predicted molar refractivity (Wildman–Crippen MR) is 128 cm³/mol. The Morgan fingerprint density at radius 1 is 1.06 bits per heavy atom. The Morgan fingerprint density at radius 3 is 2.42 bits per heavy atom. The summed E-state index contributed by atoms with van der Waals surface area (Å²) >= 11 is 6.07. The minimum absolute atomic E-state index is 0.115. The second-order valence-corrected chi connectivity index (χ2v) is 9.44. The maximum Gasteiger partial charge on any atom is 0.225 e. The summed E-state index contributed by atoms with van der Waals surface area (Å²) in [6.07, 6.45) is 4.41. The number of hydrogen-bond donors (Lipinski definition) is 3. The maximum atomic E-state index is 6.37. The van der Waals surface area contributed by atoms with E-state index in [-0.39, 0.29) is 24.0 Å². The summed E-state index contributed by atoms with van der Waals surface area (Å²) in [5.41, 5.74) is 10.0. The second-order valence-electron chi connectivity index (χ2n) is 9.00. The van der Waals surface area contributed by atoms with Crippen molar-refractivity contribution in [3.63, 3.8) is 0 Å². The minimum Gasteiger partial charge on any atom is -0.350 e. The van der Waals surface area contributed by atoms with Gasteiger partial charge in [0.2, 0.25) is 5.95 Å². The van der Waals surface area contributed by atoms with Crippen LogP contribution in [0.15, 0.2) is 24.3 Å². The summed E-state index contributed by atoms with van der Waals surface area (Å²) in [6.45, 7) is 8.53. The summed E-state index contributed by atoms with van der Waals surface area (Å²) in [7, 11) is 0. The number of aromatic nitrogens is 4. The van der Waals surface area contributed by atoms with Crippen LogP contribution in [0.2, 0.25) is 5.02 Å². The van der Waals surface area contributed by atoms with E-state index in [1.807, 2.05) is 28.9 Å². The van der Waals surface area contributed by atoms with E-state index in [4.69, 9.17) is 32.4 Å². The maximum absolute atomic E-state index is 6.37. The largest absolute Gasteiger partial charge is 0.350 e. The van der Waals surface area contributed by atoms with Crippen LogP contribution >= 0.6 is 11.6 Å². The molecular formula is C23H32ClN7. The molecule has 1 aromatic carbocycles. The highest BCUT2D eigenvalue weighted by Gasteiger charge is 2.25. The van der Waals surface area contributed by atoms with Gasteiger partial charge in [-0.2, -0.15) is 10.1 Å². The van der Waals surface area contributed by atoms with Crippen molar-refractivity contribution in [1.82, 2.24) is 19.7 Å². The summed E-state index contributed by atoms with van der Waals surface area (Å²) in [5.74, 6) is 1.56. The monoisotopic (exact) mass is 441 g/mol. The molecule has 31 heavy (non-hydrogen) atoms. The predicted octanol–water partition coefficient (Wildman–Crippen LogP) is 5.61. The summed E-state index contributed by atoms with van der Waals surface area (Å²) < 4.78 is 2.01. The Bertz CT molecular complexity index is 1040. The lowest BCUT2D eigenvalue weighted by Gasteiger charge is -2.29. The first-order chi connectivity index (χ1) is 14.8. The van der Waals surface area contributed by atoms with Crippen LogP contribution in [0, 0.1) is 0 Å². The van der Waals surface area contributed by atoms with Gasteiger partial charge in [0, 0.05) is 28.8 Å². The highest BCUT2D eigenvalue weighted by atomic mass is 35.5. The quantitative estimate of drug-likeness (QED) is 0.460. The van der Waals surface area contributed by atoms with Crippen molar-refractivity contribution in [3.8, 4) is 0 Å². The normalized spacial score (nSPS) is 19.4. The van der Waals surface area contributed by atoms with Crippen LogP contribution in [0.4, 0.5) is 17.5 Å². The molecule has 166 valence electrons. The van der Waals surface area contributed by atoms with Crippen LogP contribution in [0.3, 0.4) is 0 Å². The number of anilines is 3. The average Bonchev–Trinajstić information content (AvgIpc) is 3.12. The smallest absolute Gasteiger partial charge is 0.225 e.